The normalized spacial score (nSPS) is 19.7. The third kappa shape index (κ3) is 1.60. The zero-order valence-electron chi connectivity index (χ0n) is 8.74. The fourth-order valence-electron chi connectivity index (χ4n) is 2.32. The summed E-state index contributed by atoms with van der Waals surface area (Å²) in [6.45, 7) is 4.76. The van der Waals surface area contributed by atoms with E-state index in [0.717, 1.165) is 6.54 Å². The molecule has 0 heterocycles. The maximum atomic E-state index is 3.79. The molecule has 0 bridgehead atoms. The number of aryl methyl sites for hydroxylation is 1. The summed E-state index contributed by atoms with van der Waals surface area (Å²) in [7, 11) is 2.18. The highest BCUT2D eigenvalue weighted by Gasteiger charge is 2.24. The minimum Gasteiger partial charge on any atom is -0.296 e. The maximum absolute atomic E-state index is 3.79. The third-order valence-corrected chi connectivity index (χ3v) is 3.05. The Balaban J connectivity index is 2.21. The molecule has 14 heavy (non-hydrogen) atoms. The molecular formula is C13H17N. The Morgan fingerprint density at radius 3 is 3.07 bits per heavy atom. The Morgan fingerprint density at radius 1 is 1.50 bits per heavy atom. The van der Waals surface area contributed by atoms with Crippen LogP contribution in [0.15, 0.2) is 36.9 Å². The predicted octanol–water partition coefficient (Wildman–Crippen LogP) is 2.79. The molecule has 0 amide bonds. The van der Waals surface area contributed by atoms with E-state index in [1.807, 2.05) is 6.08 Å². The minimum atomic E-state index is 0.601. The van der Waals surface area contributed by atoms with Crippen molar-refractivity contribution < 1.29 is 0 Å². The summed E-state index contributed by atoms with van der Waals surface area (Å²) in [6, 6.07) is 9.38. The largest absolute Gasteiger partial charge is 0.296 e. The van der Waals surface area contributed by atoms with Crippen molar-refractivity contribution >= 4 is 0 Å². The van der Waals surface area contributed by atoms with Gasteiger partial charge in [0.05, 0.1) is 0 Å². The summed E-state index contributed by atoms with van der Waals surface area (Å²) in [5.41, 5.74) is 3.03. The van der Waals surface area contributed by atoms with E-state index in [9.17, 15) is 0 Å². The number of likely N-dealkylation sites (N-methyl/N-ethyl adjacent to an activating group) is 1. The average molecular weight is 187 g/mol. The van der Waals surface area contributed by atoms with Crippen LogP contribution in [-0.4, -0.2) is 18.5 Å². The Morgan fingerprint density at radius 2 is 2.29 bits per heavy atom. The van der Waals surface area contributed by atoms with Gasteiger partial charge in [0.15, 0.2) is 0 Å². The Labute approximate surface area is 86.1 Å². The van der Waals surface area contributed by atoms with Crippen LogP contribution in [0, 0.1) is 0 Å². The number of nitrogens with zero attached hydrogens (tertiary/aromatic N) is 1. The number of rotatable bonds is 3. The molecule has 1 unspecified atom stereocenters. The second-order valence-electron chi connectivity index (χ2n) is 3.98. The van der Waals surface area contributed by atoms with Crippen molar-refractivity contribution in [1.82, 2.24) is 4.90 Å². The van der Waals surface area contributed by atoms with Crippen LogP contribution >= 0.6 is 0 Å². The van der Waals surface area contributed by atoms with Crippen molar-refractivity contribution in [3.05, 3.63) is 48.0 Å². The molecule has 1 aliphatic carbocycles. The van der Waals surface area contributed by atoms with Crippen LogP contribution in [0.3, 0.4) is 0 Å². The molecule has 1 aliphatic rings. The quantitative estimate of drug-likeness (QED) is 0.658. The van der Waals surface area contributed by atoms with Gasteiger partial charge in [0.25, 0.3) is 0 Å². The zero-order valence-corrected chi connectivity index (χ0v) is 8.74. The first-order valence-corrected chi connectivity index (χ1v) is 5.22. The summed E-state index contributed by atoms with van der Waals surface area (Å²) in [4.78, 5) is 2.37. The summed E-state index contributed by atoms with van der Waals surface area (Å²) in [5.74, 6) is 0. The highest BCUT2D eigenvalue weighted by Crippen LogP contribution is 2.34. The van der Waals surface area contributed by atoms with Crippen LogP contribution in [0.1, 0.15) is 23.6 Å². The molecule has 0 radical (unpaired) electrons. The molecular weight excluding hydrogens is 170 g/mol. The van der Waals surface area contributed by atoms with Crippen molar-refractivity contribution in [2.45, 2.75) is 18.9 Å². The molecule has 0 N–H and O–H groups in total. The molecule has 1 heteroatoms. The number of benzene rings is 1. The van der Waals surface area contributed by atoms with E-state index in [1.165, 1.54) is 24.0 Å². The summed E-state index contributed by atoms with van der Waals surface area (Å²) >= 11 is 0. The molecule has 0 aliphatic heterocycles. The van der Waals surface area contributed by atoms with Crippen LogP contribution in [-0.2, 0) is 6.42 Å². The molecule has 1 aromatic rings. The monoisotopic (exact) mass is 187 g/mol. The molecule has 0 saturated carbocycles. The molecule has 1 nitrogen and oxygen atoms in total. The molecule has 2 rings (SSSR count). The van der Waals surface area contributed by atoms with Gasteiger partial charge in [-0.3, -0.25) is 4.90 Å². The van der Waals surface area contributed by atoms with Crippen LogP contribution in [0.5, 0.6) is 0 Å². The van der Waals surface area contributed by atoms with E-state index in [0.29, 0.717) is 6.04 Å². The van der Waals surface area contributed by atoms with E-state index in [-0.39, 0.29) is 0 Å². The first-order valence-electron chi connectivity index (χ1n) is 5.22. The molecule has 0 fully saturated rings. The zero-order chi connectivity index (χ0) is 9.97. The molecule has 0 saturated heterocycles. The van der Waals surface area contributed by atoms with Gasteiger partial charge in [0.1, 0.15) is 0 Å². The van der Waals surface area contributed by atoms with Crippen molar-refractivity contribution in [2.24, 2.45) is 0 Å². The van der Waals surface area contributed by atoms with Crippen molar-refractivity contribution in [3.63, 3.8) is 0 Å². The third-order valence-electron chi connectivity index (χ3n) is 3.05. The molecule has 1 aromatic carbocycles. The lowest BCUT2D eigenvalue weighted by Crippen LogP contribution is -2.22. The van der Waals surface area contributed by atoms with E-state index in [1.54, 1.807) is 0 Å². The van der Waals surface area contributed by atoms with Crippen molar-refractivity contribution in [3.8, 4) is 0 Å². The standard InChI is InChI=1S/C13H17N/c1-3-10-14(2)13-9-8-11-6-4-5-7-12(11)13/h3-7,13H,1,8-10H2,2H3. The summed E-state index contributed by atoms with van der Waals surface area (Å²) in [6.07, 6.45) is 4.45. The highest BCUT2D eigenvalue weighted by molar-refractivity contribution is 5.34. The summed E-state index contributed by atoms with van der Waals surface area (Å²) in [5, 5.41) is 0. The average Bonchev–Trinajstić information content (AvgIpc) is 2.61. The molecule has 74 valence electrons. The van der Waals surface area contributed by atoms with E-state index >= 15 is 0 Å². The van der Waals surface area contributed by atoms with E-state index < -0.39 is 0 Å². The van der Waals surface area contributed by atoms with E-state index in [4.69, 9.17) is 0 Å². The van der Waals surface area contributed by atoms with Crippen molar-refractivity contribution in [1.29, 1.82) is 0 Å². The van der Waals surface area contributed by atoms with Crippen LogP contribution < -0.4 is 0 Å². The summed E-state index contributed by atoms with van der Waals surface area (Å²) < 4.78 is 0. The molecule has 0 aromatic heterocycles. The topological polar surface area (TPSA) is 3.24 Å². The number of hydrogen-bond acceptors (Lipinski definition) is 1. The Hall–Kier alpha value is -1.08. The predicted molar refractivity (Wildman–Crippen MR) is 60.3 cm³/mol. The van der Waals surface area contributed by atoms with Crippen LogP contribution in [0.4, 0.5) is 0 Å². The fourth-order valence-corrected chi connectivity index (χ4v) is 2.32. The lowest BCUT2D eigenvalue weighted by atomic mass is 10.1. The minimum absolute atomic E-state index is 0.601. The lowest BCUT2D eigenvalue weighted by Gasteiger charge is -2.23. The number of hydrogen-bond donors (Lipinski definition) is 0. The Bertz CT molecular complexity index is 330. The number of fused-ring (bicyclic) bond motifs is 1. The van der Waals surface area contributed by atoms with Gasteiger partial charge < -0.3 is 0 Å². The fraction of sp³-hybridized carbons (Fsp3) is 0.385. The van der Waals surface area contributed by atoms with Gasteiger partial charge in [-0.15, -0.1) is 6.58 Å². The van der Waals surface area contributed by atoms with Gasteiger partial charge in [-0.1, -0.05) is 30.3 Å². The maximum Gasteiger partial charge on any atom is 0.0354 e. The molecule has 1 atom stereocenters. The second kappa shape index (κ2) is 3.97. The van der Waals surface area contributed by atoms with Crippen LogP contribution in [0.2, 0.25) is 0 Å². The SMILES string of the molecule is C=CCN(C)C1CCc2ccccc21. The highest BCUT2D eigenvalue weighted by atomic mass is 15.1. The van der Waals surface area contributed by atoms with Gasteiger partial charge in [0, 0.05) is 12.6 Å². The Kier molecular flexibility index (Phi) is 2.69. The lowest BCUT2D eigenvalue weighted by molar-refractivity contribution is 0.270. The second-order valence-corrected chi connectivity index (χ2v) is 3.98. The van der Waals surface area contributed by atoms with Gasteiger partial charge in [-0.05, 0) is 31.0 Å². The first-order chi connectivity index (χ1) is 6.83. The van der Waals surface area contributed by atoms with Gasteiger partial charge >= 0.3 is 0 Å². The smallest absolute Gasteiger partial charge is 0.0354 e. The molecule has 0 spiro atoms. The first kappa shape index (κ1) is 9.47. The van der Waals surface area contributed by atoms with Crippen LogP contribution in [0.25, 0.3) is 0 Å². The van der Waals surface area contributed by atoms with Gasteiger partial charge in [-0.25, -0.2) is 0 Å². The van der Waals surface area contributed by atoms with Crippen molar-refractivity contribution in [2.75, 3.05) is 13.6 Å². The van der Waals surface area contributed by atoms with E-state index in [2.05, 4.69) is 42.8 Å². The van der Waals surface area contributed by atoms with Gasteiger partial charge in [0.2, 0.25) is 0 Å². The van der Waals surface area contributed by atoms with Gasteiger partial charge in [-0.2, -0.15) is 0 Å².